The van der Waals surface area contributed by atoms with Gasteiger partial charge in [0.1, 0.15) is 23.5 Å². The zero-order valence-electron chi connectivity index (χ0n) is 18.3. The predicted molar refractivity (Wildman–Crippen MR) is 117 cm³/mol. The van der Waals surface area contributed by atoms with Crippen LogP contribution in [0, 0.1) is 17.6 Å². The molecule has 0 saturated carbocycles. The van der Waals surface area contributed by atoms with Crippen molar-refractivity contribution in [3.8, 4) is 11.1 Å². The molecule has 4 heterocycles. The fourth-order valence-corrected chi connectivity index (χ4v) is 5.16. The predicted octanol–water partition coefficient (Wildman–Crippen LogP) is 4.37. The Morgan fingerprint density at radius 1 is 1.00 bits per heavy atom. The molecule has 2 aromatic rings. The SMILES string of the molecule is O=C1CCCN1CC1CCN(c2c(F)cc(-c3cnn(C4CCCCO4)c3)cc2F)CC1. The molecule has 3 aliphatic heterocycles. The van der Waals surface area contributed by atoms with Crippen LogP contribution in [0.15, 0.2) is 24.5 Å². The topological polar surface area (TPSA) is 50.6 Å². The maximum Gasteiger partial charge on any atom is 0.222 e. The summed E-state index contributed by atoms with van der Waals surface area (Å²) in [6.07, 6.45) is 9.61. The minimum absolute atomic E-state index is 0.0486. The number of likely N-dealkylation sites (tertiary alicyclic amines) is 1. The van der Waals surface area contributed by atoms with Crippen LogP contribution in [-0.4, -0.2) is 53.4 Å². The van der Waals surface area contributed by atoms with E-state index in [-0.39, 0.29) is 17.8 Å². The van der Waals surface area contributed by atoms with E-state index in [0.29, 0.717) is 43.2 Å². The lowest BCUT2D eigenvalue weighted by Crippen LogP contribution is -2.39. The average molecular weight is 445 g/mol. The first-order valence-corrected chi connectivity index (χ1v) is 11.8. The molecule has 32 heavy (non-hydrogen) atoms. The van der Waals surface area contributed by atoms with Crippen molar-refractivity contribution in [2.45, 2.75) is 51.2 Å². The lowest BCUT2D eigenvalue weighted by Gasteiger charge is -2.35. The number of halogens is 2. The molecule has 172 valence electrons. The van der Waals surface area contributed by atoms with Gasteiger partial charge in [-0.05, 0) is 62.1 Å². The number of piperidine rings is 1. The highest BCUT2D eigenvalue weighted by molar-refractivity contribution is 5.78. The van der Waals surface area contributed by atoms with Crippen molar-refractivity contribution >= 4 is 11.6 Å². The van der Waals surface area contributed by atoms with Crippen molar-refractivity contribution < 1.29 is 18.3 Å². The van der Waals surface area contributed by atoms with Gasteiger partial charge in [0.2, 0.25) is 5.91 Å². The van der Waals surface area contributed by atoms with Crippen molar-refractivity contribution in [2.24, 2.45) is 5.92 Å². The van der Waals surface area contributed by atoms with Crippen molar-refractivity contribution in [3.63, 3.8) is 0 Å². The number of hydrogen-bond acceptors (Lipinski definition) is 4. The molecule has 1 aromatic heterocycles. The van der Waals surface area contributed by atoms with Crippen LogP contribution in [0.25, 0.3) is 11.1 Å². The summed E-state index contributed by atoms with van der Waals surface area (Å²) in [5.41, 5.74) is 1.21. The molecule has 0 radical (unpaired) electrons. The lowest BCUT2D eigenvalue weighted by atomic mass is 9.95. The number of rotatable bonds is 5. The second kappa shape index (κ2) is 9.17. The number of anilines is 1. The van der Waals surface area contributed by atoms with Gasteiger partial charge in [-0.15, -0.1) is 0 Å². The van der Waals surface area contributed by atoms with Crippen LogP contribution in [0.5, 0.6) is 0 Å². The van der Waals surface area contributed by atoms with Gasteiger partial charge in [0.25, 0.3) is 0 Å². The number of ether oxygens (including phenoxy) is 1. The number of nitrogens with zero attached hydrogens (tertiary/aromatic N) is 4. The molecule has 1 unspecified atom stereocenters. The highest BCUT2D eigenvalue weighted by Gasteiger charge is 2.28. The third-order valence-corrected chi connectivity index (χ3v) is 6.98. The van der Waals surface area contributed by atoms with Gasteiger partial charge in [-0.25, -0.2) is 13.5 Å². The van der Waals surface area contributed by atoms with Crippen LogP contribution in [-0.2, 0) is 9.53 Å². The van der Waals surface area contributed by atoms with E-state index in [2.05, 4.69) is 5.10 Å². The van der Waals surface area contributed by atoms with E-state index in [1.807, 2.05) is 4.90 Å². The largest absolute Gasteiger partial charge is 0.367 e. The zero-order chi connectivity index (χ0) is 22.1. The summed E-state index contributed by atoms with van der Waals surface area (Å²) in [4.78, 5) is 15.6. The molecule has 1 aromatic carbocycles. The summed E-state index contributed by atoms with van der Waals surface area (Å²) in [6, 6.07) is 2.80. The van der Waals surface area contributed by atoms with E-state index in [4.69, 9.17) is 4.74 Å². The molecule has 1 amide bonds. The summed E-state index contributed by atoms with van der Waals surface area (Å²) in [7, 11) is 0. The van der Waals surface area contributed by atoms with Gasteiger partial charge in [-0.2, -0.15) is 5.10 Å². The Morgan fingerprint density at radius 2 is 1.78 bits per heavy atom. The monoisotopic (exact) mass is 444 g/mol. The molecule has 0 N–H and O–H groups in total. The van der Waals surface area contributed by atoms with Gasteiger partial charge < -0.3 is 14.5 Å². The average Bonchev–Trinajstić information content (AvgIpc) is 3.45. The first-order valence-electron chi connectivity index (χ1n) is 11.8. The maximum atomic E-state index is 15.0. The number of hydrogen-bond donors (Lipinski definition) is 0. The molecular weight excluding hydrogens is 414 g/mol. The molecular formula is C24H30F2N4O2. The Morgan fingerprint density at radius 3 is 2.44 bits per heavy atom. The summed E-state index contributed by atoms with van der Waals surface area (Å²) in [5, 5.41) is 4.35. The van der Waals surface area contributed by atoms with E-state index >= 15 is 8.78 Å². The van der Waals surface area contributed by atoms with E-state index in [1.165, 1.54) is 12.1 Å². The van der Waals surface area contributed by atoms with Gasteiger partial charge in [0.05, 0.1) is 6.20 Å². The quantitative estimate of drug-likeness (QED) is 0.687. The van der Waals surface area contributed by atoms with Crippen molar-refractivity contribution in [2.75, 3.05) is 37.7 Å². The fourth-order valence-electron chi connectivity index (χ4n) is 5.16. The van der Waals surface area contributed by atoms with E-state index in [9.17, 15) is 4.79 Å². The summed E-state index contributed by atoms with van der Waals surface area (Å²) >= 11 is 0. The second-order valence-corrected chi connectivity index (χ2v) is 9.19. The molecule has 0 aliphatic carbocycles. The normalized spacial score (nSPS) is 22.7. The van der Waals surface area contributed by atoms with Gasteiger partial charge in [0.15, 0.2) is 0 Å². The minimum atomic E-state index is -0.546. The molecule has 3 fully saturated rings. The van der Waals surface area contributed by atoms with E-state index < -0.39 is 11.6 Å². The summed E-state index contributed by atoms with van der Waals surface area (Å²) < 4.78 is 37.5. The van der Waals surface area contributed by atoms with E-state index in [0.717, 1.165) is 51.6 Å². The molecule has 0 bridgehead atoms. The van der Waals surface area contributed by atoms with Crippen LogP contribution in [0.2, 0.25) is 0 Å². The number of benzene rings is 1. The van der Waals surface area contributed by atoms with Crippen LogP contribution in [0.1, 0.15) is 51.2 Å². The van der Waals surface area contributed by atoms with Gasteiger partial charge in [0, 0.05) is 51.0 Å². The van der Waals surface area contributed by atoms with Crippen LogP contribution < -0.4 is 4.90 Å². The molecule has 6 nitrogen and oxygen atoms in total. The Kier molecular flexibility index (Phi) is 6.13. The number of carbonyl (C=O) groups is 1. The van der Waals surface area contributed by atoms with E-state index in [1.54, 1.807) is 22.0 Å². The highest BCUT2D eigenvalue weighted by atomic mass is 19.1. The Balaban J connectivity index is 1.25. The first-order chi connectivity index (χ1) is 15.6. The number of aromatic nitrogens is 2. The molecule has 3 aliphatic rings. The van der Waals surface area contributed by atoms with Gasteiger partial charge in [-0.1, -0.05) is 0 Å². The summed E-state index contributed by atoms with van der Waals surface area (Å²) in [5.74, 6) is -0.463. The molecule has 8 heteroatoms. The Labute approximate surface area is 187 Å². The van der Waals surface area contributed by atoms with Crippen LogP contribution >= 0.6 is 0 Å². The third kappa shape index (κ3) is 4.37. The Hall–Kier alpha value is -2.48. The molecule has 3 saturated heterocycles. The lowest BCUT2D eigenvalue weighted by molar-refractivity contribution is -0.128. The van der Waals surface area contributed by atoms with Crippen molar-refractivity contribution in [1.82, 2.24) is 14.7 Å². The number of carbonyl (C=O) groups excluding carboxylic acids is 1. The summed E-state index contributed by atoms with van der Waals surface area (Å²) in [6.45, 7) is 3.51. The smallest absolute Gasteiger partial charge is 0.222 e. The van der Waals surface area contributed by atoms with Gasteiger partial charge in [-0.3, -0.25) is 4.79 Å². The molecule has 5 rings (SSSR count). The zero-order valence-corrected chi connectivity index (χ0v) is 18.3. The van der Waals surface area contributed by atoms with Crippen molar-refractivity contribution in [1.29, 1.82) is 0 Å². The molecule has 1 atom stereocenters. The third-order valence-electron chi connectivity index (χ3n) is 6.98. The van der Waals surface area contributed by atoms with Gasteiger partial charge >= 0.3 is 0 Å². The molecule has 0 spiro atoms. The first kappa shape index (κ1) is 21.4. The number of amides is 1. The van der Waals surface area contributed by atoms with Crippen molar-refractivity contribution in [3.05, 3.63) is 36.2 Å². The van der Waals surface area contributed by atoms with Crippen LogP contribution in [0.3, 0.4) is 0 Å². The standard InChI is InChI=1S/C24H30F2N4O2/c25-20-12-18(19-14-27-30(16-19)23-5-1-2-11-32-23)13-21(26)24(20)28-9-6-17(7-10-28)15-29-8-3-4-22(29)31/h12-14,16-17,23H,1-11,15H2. The minimum Gasteiger partial charge on any atom is -0.367 e. The highest BCUT2D eigenvalue weighted by Crippen LogP contribution is 2.33. The van der Waals surface area contributed by atoms with Crippen LogP contribution in [0.4, 0.5) is 14.5 Å². The maximum absolute atomic E-state index is 15.0. The fraction of sp³-hybridized carbons (Fsp3) is 0.583. The Bertz CT molecular complexity index is 942. The second-order valence-electron chi connectivity index (χ2n) is 9.19.